The van der Waals surface area contributed by atoms with E-state index in [4.69, 9.17) is 0 Å². The van der Waals surface area contributed by atoms with E-state index in [1.165, 1.54) is 51.4 Å². The molecule has 6 unspecified atom stereocenters. The Hall–Kier alpha value is -0.520. The van der Waals surface area contributed by atoms with Gasteiger partial charge in [0, 0.05) is 0 Å². The van der Waals surface area contributed by atoms with Crippen LogP contribution in [0.5, 0.6) is 0 Å². The van der Waals surface area contributed by atoms with Gasteiger partial charge in [-0.3, -0.25) is 0 Å². The van der Waals surface area contributed by atoms with E-state index in [2.05, 4.69) is 46.8 Å². The maximum atomic E-state index is 2.66. The summed E-state index contributed by atoms with van der Waals surface area (Å²) in [6.07, 6.45) is 16.6. The van der Waals surface area contributed by atoms with Crippen LogP contribution in [0.1, 0.15) is 99.8 Å². The lowest BCUT2D eigenvalue weighted by Crippen LogP contribution is -2.51. The minimum Gasteiger partial charge on any atom is -0.0805 e. The summed E-state index contributed by atoms with van der Waals surface area (Å²) in [6.45, 7) is 16.6. The van der Waals surface area contributed by atoms with Crippen molar-refractivity contribution in [1.29, 1.82) is 0 Å². The molecule has 0 bridgehead atoms. The summed E-state index contributed by atoms with van der Waals surface area (Å²) in [5.74, 6) is 2.89. The molecule has 0 aliphatic heterocycles. The summed E-state index contributed by atoms with van der Waals surface area (Å²) in [6, 6.07) is 0. The van der Waals surface area contributed by atoms with E-state index in [9.17, 15) is 0 Å². The Morgan fingerprint density at radius 1 is 1.00 bits per heavy atom. The van der Waals surface area contributed by atoms with E-state index in [-0.39, 0.29) is 0 Å². The van der Waals surface area contributed by atoms with Crippen LogP contribution in [0.3, 0.4) is 0 Å². The average molecular weight is 343 g/mol. The molecule has 0 aromatic carbocycles. The van der Waals surface area contributed by atoms with Gasteiger partial charge in [0.1, 0.15) is 0 Å². The van der Waals surface area contributed by atoms with Crippen LogP contribution in [-0.4, -0.2) is 0 Å². The van der Waals surface area contributed by atoms with Crippen molar-refractivity contribution >= 4 is 0 Å². The lowest BCUT2D eigenvalue weighted by Gasteiger charge is -2.59. The first-order valence-corrected chi connectivity index (χ1v) is 11.2. The summed E-state index contributed by atoms with van der Waals surface area (Å²) in [7, 11) is 0. The van der Waals surface area contributed by atoms with E-state index < -0.39 is 0 Å². The molecule has 4 aliphatic rings. The Bertz CT molecular complexity index is 567. The Morgan fingerprint density at radius 2 is 1.68 bits per heavy atom. The quantitative estimate of drug-likeness (QED) is 0.453. The summed E-state index contributed by atoms with van der Waals surface area (Å²) >= 11 is 0. The predicted molar refractivity (Wildman–Crippen MR) is 111 cm³/mol. The van der Waals surface area contributed by atoms with Gasteiger partial charge < -0.3 is 0 Å². The van der Waals surface area contributed by atoms with Gasteiger partial charge in [0.15, 0.2) is 0 Å². The van der Waals surface area contributed by atoms with Gasteiger partial charge >= 0.3 is 0 Å². The molecule has 0 heteroatoms. The minimum absolute atomic E-state index is 0.481. The van der Waals surface area contributed by atoms with Crippen molar-refractivity contribution in [2.24, 2.45) is 34.0 Å². The fourth-order valence-electron chi connectivity index (χ4n) is 7.41. The van der Waals surface area contributed by atoms with E-state index in [1.807, 2.05) is 13.8 Å². The molecule has 0 aromatic rings. The van der Waals surface area contributed by atoms with Gasteiger partial charge in [0.25, 0.3) is 0 Å². The number of allylic oxidation sites excluding steroid dienone is 4. The van der Waals surface area contributed by atoms with Crippen molar-refractivity contribution in [3.05, 3.63) is 23.3 Å². The molecule has 0 N–H and O–H groups in total. The number of fused-ring (bicyclic) bond motifs is 5. The highest BCUT2D eigenvalue weighted by atomic mass is 14.7. The highest BCUT2D eigenvalue weighted by Gasteiger charge is 2.61. The first-order valence-electron chi connectivity index (χ1n) is 11.2. The van der Waals surface area contributed by atoms with Gasteiger partial charge in [0.05, 0.1) is 0 Å². The largest absolute Gasteiger partial charge is 0.0805 e. The first-order chi connectivity index (χ1) is 11.8. The SMILES string of the molecule is CC.CCC1(C)CCC2C3CC=C4C=C(C)CCC4(C)C3CCC21C. The van der Waals surface area contributed by atoms with Crippen molar-refractivity contribution in [2.75, 3.05) is 0 Å². The smallest absolute Gasteiger partial charge is 0.00443 e. The normalized spacial score (nSPS) is 48.2. The van der Waals surface area contributed by atoms with Crippen LogP contribution in [0.2, 0.25) is 0 Å². The van der Waals surface area contributed by atoms with Gasteiger partial charge in [-0.15, -0.1) is 0 Å². The monoisotopic (exact) mass is 342 g/mol. The van der Waals surface area contributed by atoms with Gasteiger partial charge in [-0.05, 0) is 91.4 Å². The third-order valence-corrected chi connectivity index (χ3v) is 9.52. The molecule has 0 nitrogen and oxygen atoms in total. The van der Waals surface area contributed by atoms with Crippen LogP contribution in [0.15, 0.2) is 23.3 Å². The molecule has 4 rings (SSSR count). The van der Waals surface area contributed by atoms with E-state index in [1.54, 1.807) is 11.1 Å². The molecule has 2 fully saturated rings. The molecule has 0 amide bonds. The van der Waals surface area contributed by atoms with Crippen molar-refractivity contribution in [3.63, 3.8) is 0 Å². The molecule has 25 heavy (non-hydrogen) atoms. The molecular formula is C25H42. The van der Waals surface area contributed by atoms with Crippen LogP contribution in [0, 0.1) is 34.0 Å². The average Bonchev–Trinajstić information content (AvgIpc) is 2.89. The van der Waals surface area contributed by atoms with E-state index in [0.29, 0.717) is 16.2 Å². The first kappa shape index (κ1) is 19.2. The zero-order valence-electron chi connectivity index (χ0n) is 18.0. The van der Waals surface area contributed by atoms with Gasteiger partial charge in [-0.25, -0.2) is 0 Å². The molecule has 0 saturated heterocycles. The fourth-order valence-corrected chi connectivity index (χ4v) is 7.41. The van der Waals surface area contributed by atoms with Gasteiger partial charge in [0.2, 0.25) is 0 Å². The predicted octanol–water partition coefficient (Wildman–Crippen LogP) is 7.95. The zero-order valence-corrected chi connectivity index (χ0v) is 18.0. The minimum atomic E-state index is 0.481. The van der Waals surface area contributed by atoms with Crippen LogP contribution in [0.25, 0.3) is 0 Å². The lowest BCUT2D eigenvalue weighted by atomic mass is 9.46. The Labute approximate surface area is 157 Å². The molecule has 0 spiro atoms. The summed E-state index contributed by atoms with van der Waals surface area (Å²) < 4.78 is 0. The third-order valence-electron chi connectivity index (χ3n) is 9.52. The Morgan fingerprint density at radius 3 is 2.36 bits per heavy atom. The number of hydrogen-bond acceptors (Lipinski definition) is 0. The summed E-state index contributed by atoms with van der Waals surface area (Å²) in [5, 5.41) is 0. The van der Waals surface area contributed by atoms with Crippen molar-refractivity contribution in [3.8, 4) is 0 Å². The second-order valence-electron chi connectivity index (χ2n) is 10.1. The Balaban J connectivity index is 0.000000880. The highest BCUT2D eigenvalue weighted by molar-refractivity contribution is 5.36. The standard InChI is InChI=1S/C23H36.C2H6/c1-6-21(3)12-10-20-18-8-7-17-15-16(2)9-13-22(17,4)19(18)11-14-23(20,21)5;1-2/h7,15,18-20H,6,8-14H2,1-5H3;1-2H3. The van der Waals surface area contributed by atoms with Crippen molar-refractivity contribution in [1.82, 2.24) is 0 Å². The summed E-state index contributed by atoms with van der Waals surface area (Å²) in [5.41, 5.74) is 4.98. The molecule has 0 aromatic heterocycles. The van der Waals surface area contributed by atoms with Crippen molar-refractivity contribution in [2.45, 2.75) is 99.8 Å². The molecular weight excluding hydrogens is 300 g/mol. The molecule has 2 saturated carbocycles. The number of hydrogen-bond donors (Lipinski definition) is 0. The lowest BCUT2D eigenvalue weighted by molar-refractivity contribution is -0.0645. The molecule has 6 atom stereocenters. The van der Waals surface area contributed by atoms with Gasteiger partial charge in [-0.1, -0.05) is 65.7 Å². The second kappa shape index (κ2) is 6.58. The number of rotatable bonds is 1. The maximum Gasteiger partial charge on any atom is -0.00443 e. The second-order valence-corrected chi connectivity index (χ2v) is 10.1. The third kappa shape index (κ3) is 2.61. The topological polar surface area (TPSA) is 0 Å². The van der Waals surface area contributed by atoms with Crippen LogP contribution in [0.4, 0.5) is 0 Å². The molecule has 142 valence electrons. The molecule has 0 heterocycles. The van der Waals surface area contributed by atoms with Gasteiger partial charge in [-0.2, -0.15) is 0 Å². The Kier molecular flexibility index (Phi) is 5.06. The molecule has 4 aliphatic carbocycles. The van der Waals surface area contributed by atoms with E-state index in [0.717, 1.165) is 17.8 Å². The zero-order chi connectivity index (χ0) is 18.5. The summed E-state index contributed by atoms with van der Waals surface area (Å²) in [4.78, 5) is 0. The van der Waals surface area contributed by atoms with Crippen LogP contribution >= 0.6 is 0 Å². The fraction of sp³-hybridized carbons (Fsp3) is 0.840. The molecule has 0 radical (unpaired) electrons. The van der Waals surface area contributed by atoms with Crippen molar-refractivity contribution < 1.29 is 0 Å². The van der Waals surface area contributed by atoms with Crippen LogP contribution < -0.4 is 0 Å². The maximum absolute atomic E-state index is 2.66. The van der Waals surface area contributed by atoms with Crippen LogP contribution in [-0.2, 0) is 0 Å². The van der Waals surface area contributed by atoms with E-state index >= 15 is 0 Å². The highest BCUT2D eigenvalue weighted by Crippen LogP contribution is 2.69.